The summed E-state index contributed by atoms with van der Waals surface area (Å²) in [6.07, 6.45) is 9.01. The van der Waals surface area contributed by atoms with Crippen LogP contribution >= 0.6 is 0 Å². The van der Waals surface area contributed by atoms with Gasteiger partial charge in [-0.1, -0.05) is 36.4 Å². The summed E-state index contributed by atoms with van der Waals surface area (Å²) in [5.74, 6) is 2.29. The Hall–Kier alpha value is -4.00. The number of carbonyl (C=O) groups is 1. The molecule has 3 heterocycles. The number of likely N-dealkylation sites (tertiary alicyclic amines) is 1. The average molecular weight is 454 g/mol. The van der Waals surface area contributed by atoms with Gasteiger partial charge in [0.25, 0.3) is 5.91 Å². The molecule has 0 unspecified atom stereocenters. The van der Waals surface area contributed by atoms with Crippen LogP contribution < -0.4 is 4.74 Å². The molecule has 1 saturated heterocycles. The summed E-state index contributed by atoms with van der Waals surface area (Å²) in [5.41, 5.74) is 2.59. The average Bonchev–Trinajstić information content (AvgIpc) is 3.29. The largest absolute Gasteiger partial charge is 0.437 e. The highest BCUT2D eigenvalue weighted by Crippen LogP contribution is 2.29. The molecule has 1 atom stereocenters. The van der Waals surface area contributed by atoms with Crippen LogP contribution in [-0.2, 0) is 6.54 Å². The van der Waals surface area contributed by atoms with Crippen LogP contribution in [0.2, 0.25) is 0 Å². The topological polar surface area (TPSA) is 73.1 Å². The van der Waals surface area contributed by atoms with E-state index >= 15 is 0 Å². The van der Waals surface area contributed by atoms with Crippen LogP contribution in [0.1, 0.15) is 46.2 Å². The second kappa shape index (κ2) is 9.87. The highest BCUT2D eigenvalue weighted by Gasteiger charge is 2.28. The van der Waals surface area contributed by atoms with Crippen molar-refractivity contribution >= 4 is 5.91 Å². The van der Waals surface area contributed by atoms with Crippen LogP contribution in [0.4, 0.5) is 0 Å². The Labute approximate surface area is 199 Å². The quantitative estimate of drug-likeness (QED) is 0.418. The first kappa shape index (κ1) is 21.8. The van der Waals surface area contributed by atoms with Crippen molar-refractivity contribution < 1.29 is 9.53 Å². The second-order valence-electron chi connectivity index (χ2n) is 8.55. The first-order valence-electron chi connectivity index (χ1n) is 11.6. The van der Waals surface area contributed by atoms with E-state index in [2.05, 4.69) is 14.5 Å². The van der Waals surface area contributed by atoms with Crippen molar-refractivity contribution in [2.75, 3.05) is 13.1 Å². The lowest BCUT2D eigenvalue weighted by molar-refractivity contribution is 0.0704. The van der Waals surface area contributed by atoms with Crippen LogP contribution in [0, 0.1) is 6.92 Å². The summed E-state index contributed by atoms with van der Waals surface area (Å²) in [5, 5.41) is 0. The van der Waals surface area contributed by atoms with Gasteiger partial charge in [0.15, 0.2) is 0 Å². The van der Waals surface area contributed by atoms with E-state index in [0.29, 0.717) is 19.0 Å². The Kier molecular flexibility index (Phi) is 6.33. The number of rotatable bonds is 6. The number of imidazole rings is 1. The van der Waals surface area contributed by atoms with Gasteiger partial charge in [-0.3, -0.25) is 9.78 Å². The standard InChI is InChI=1S/C27H27N5O2/c1-20-29-13-15-31(20)18-21-8-5-6-12-24(21)27(33)32-14-7-9-22(19-32)25-16-28-17-26(30-25)34-23-10-3-2-4-11-23/h2-6,8,10-13,15-17,22H,7,9,14,18-19H2,1H3/t22-/m1/s1. The number of hydrogen-bond donors (Lipinski definition) is 0. The number of hydrogen-bond acceptors (Lipinski definition) is 5. The Bertz CT molecular complexity index is 1270. The minimum Gasteiger partial charge on any atom is -0.437 e. The highest BCUT2D eigenvalue weighted by atomic mass is 16.5. The minimum absolute atomic E-state index is 0.0581. The molecule has 2 aromatic carbocycles. The van der Waals surface area contributed by atoms with Crippen molar-refractivity contribution in [1.82, 2.24) is 24.4 Å². The summed E-state index contributed by atoms with van der Waals surface area (Å²) >= 11 is 0. The summed E-state index contributed by atoms with van der Waals surface area (Å²) < 4.78 is 7.92. The number of piperidine rings is 1. The third-order valence-electron chi connectivity index (χ3n) is 6.24. The van der Waals surface area contributed by atoms with E-state index < -0.39 is 0 Å². The minimum atomic E-state index is 0.0581. The Morgan fingerprint density at radius 3 is 2.74 bits per heavy atom. The number of ether oxygens (including phenoxy) is 1. The molecule has 5 rings (SSSR count). The van der Waals surface area contributed by atoms with Gasteiger partial charge in [-0.15, -0.1) is 0 Å². The van der Waals surface area contributed by atoms with Crippen molar-refractivity contribution in [1.29, 1.82) is 0 Å². The molecule has 7 heteroatoms. The first-order chi connectivity index (χ1) is 16.7. The summed E-state index contributed by atoms with van der Waals surface area (Å²) in [4.78, 5) is 28.9. The molecule has 172 valence electrons. The van der Waals surface area contributed by atoms with Crippen LogP contribution in [0.5, 0.6) is 11.6 Å². The number of nitrogens with zero attached hydrogens (tertiary/aromatic N) is 5. The third kappa shape index (κ3) is 4.83. The lowest BCUT2D eigenvalue weighted by atomic mass is 9.94. The van der Waals surface area contributed by atoms with E-state index in [0.717, 1.165) is 47.8 Å². The van der Waals surface area contributed by atoms with E-state index in [1.165, 1.54) is 0 Å². The molecule has 4 aromatic rings. The second-order valence-corrected chi connectivity index (χ2v) is 8.55. The summed E-state index contributed by atoms with van der Waals surface area (Å²) in [6.45, 7) is 3.94. The van der Waals surface area contributed by atoms with Gasteiger partial charge in [0.1, 0.15) is 11.6 Å². The number of para-hydroxylation sites is 1. The van der Waals surface area contributed by atoms with Crippen molar-refractivity contribution in [2.24, 2.45) is 0 Å². The molecule has 1 aliphatic rings. The molecular formula is C27H27N5O2. The smallest absolute Gasteiger partial charge is 0.254 e. The Morgan fingerprint density at radius 1 is 1.09 bits per heavy atom. The number of aromatic nitrogens is 4. The van der Waals surface area contributed by atoms with Crippen LogP contribution in [0.15, 0.2) is 79.4 Å². The van der Waals surface area contributed by atoms with E-state index in [1.807, 2.05) is 72.6 Å². The van der Waals surface area contributed by atoms with Gasteiger partial charge >= 0.3 is 0 Å². The van der Waals surface area contributed by atoms with Crippen LogP contribution in [0.3, 0.4) is 0 Å². The fourth-order valence-corrected chi connectivity index (χ4v) is 4.41. The zero-order chi connectivity index (χ0) is 23.3. The molecule has 0 spiro atoms. The fraction of sp³-hybridized carbons (Fsp3) is 0.259. The zero-order valence-corrected chi connectivity index (χ0v) is 19.2. The molecule has 34 heavy (non-hydrogen) atoms. The normalized spacial score (nSPS) is 15.8. The maximum absolute atomic E-state index is 13.6. The summed E-state index contributed by atoms with van der Waals surface area (Å²) in [6, 6.07) is 17.4. The predicted molar refractivity (Wildman–Crippen MR) is 129 cm³/mol. The van der Waals surface area contributed by atoms with Crippen LogP contribution in [-0.4, -0.2) is 43.4 Å². The molecular weight excluding hydrogens is 426 g/mol. The lowest BCUT2D eigenvalue weighted by Gasteiger charge is -2.33. The summed E-state index contributed by atoms with van der Waals surface area (Å²) in [7, 11) is 0. The molecule has 0 bridgehead atoms. The van der Waals surface area contributed by atoms with Gasteiger partial charge in [0.05, 0.1) is 11.9 Å². The number of aryl methyl sites for hydroxylation is 1. The molecule has 2 aromatic heterocycles. The van der Waals surface area contributed by atoms with Gasteiger partial charge in [0, 0.05) is 49.7 Å². The third-order valence-corrected chi connectivity index (χ3v) is 6.24. The van der Waals surface area contributed by atoms with Crippen molar-refractivity contribution in [3.8, 4) is 11.6 Å². The maximum Gasteiger partial charge on any atom is 0.254 e. The van der Waals surface area contributed by atoms with Gasteiger partial charge in [-0.25, -0.2) is 9.97 Å². The highest BCUT2D eigenvalue weighted by molar-refractivity contribution is 5.95. The first-order valence-corrected chi connectivity index (χ1v) is 11.6. The lowest BCUT2D eigenvalue weighted by Crippen LogP contribution is -2.39. The Balaban J connectivity index is 1.32. The van der Waals surface area contributed by atoms with Gasteiger partial charge in [-0.2, -0.15) is 0 Å². The van der Waals surface area contributed by atoms with E-state index in [1.54, 1.807) is 18.6 Å². The van der Waals surface area contributed by atoms with Gasteiger partial charge in [-0.05, 0) is 43.5 Å². The number of amides is 1. The molecule has 1 amide bonds. The van der Waals surface area contributed by atoms with E-state index in [9.17, 15) is 4.79 Å². The molecule has 7 nitrogen and oxygen atoms in total. The molecule has 1 fully saturated rings. The van der Waals surface area contributed by atoms with Gasteiger partial charge < -0.3 is 14.2 Å². The molecule has 0 saturated carbocycles. The molecule has 1 aliphatic heterocycles. The van der Waals surface area contributed by atoms with E-state index in [-0.39, 0.29) is 11.8 Å². The van der Waals surface area contributed by atoms with Crippen LogP contribution in [0.25, 0.3) is 0 Å². The van der Waals surface area contributed by atoms with Gasteiger partial charge in [0.2, 0.25) is 5.88 Å². The number of benzene rings is 2. The SMILES string of the molecule is Cc1nccn1Cc1ccccc1C(=O)N1CCC[C@@H](c2cncc(Oc3ccccc3)n2)C1. The predicted octanol–water partition coefficient (Wildman–Crippen LogP) is 4.84. The van der Waals surface area contributed by atoms with Crippen molar-refractivity contribution in [2.45, 2.75) is 32.2 Å². The molecule has 0 N–H and O–H groups in total. The van der Waals surface area contributed by atoms with Crippen molar-refractivity contribution in [3.63, 3.8) is 0 Å². The maximum atomic E-state index is 13.6. The monoisotopic (exact) mass is 453 g/mol. The fourth-order valence-electron chi connectivity index (χ4n) is 4.41. The number of carbonyl (C=O) groups excluding carboxylic acids is 1. The Morgan fingerprint density at radius 2 is 1.91 bits per heavy atom. The van der Waals surface area contributed by atoms with Crippen molar-refractivity contribution in [3.05, 3.63) is 102 Å². The molecule has 0 aliphatic carbocycles. The zero-order valence-electron chi connectivity index (χ0n) is 19.2. The molecule has 0 radical (unpaired) electrons. The van der Waals surface area contributed by atoms with E-state index in [4.69, 9.17) is 9.72 Å².